The molecule has 182 valence electrons. The van der Waals surface area contributed by atoms with Gasteiger partial charge in [0, 0.05) is 6.42 Å². The quantitative estimate of drug-likeness (QED) is 0.179. The lowest BCUT2D eigenvalue weighted by Crippen LogP contribution is -2.21. The summed E-state index contributed by atoms with van der Waals surface area (Å²) >= 11 is 0. The van der Waals surface area contributed by atoms with Gasteiger partial charge >= 0.3 is 5.97 Å². The molecule has 0 spiro atoms. The van der Waals surface area contributed by atoms with Crippen LogP contribution in [0.4, 0.5) is 0 Å². The van der Waals surface area contributed by atoms with Crippen molar-refractivity contribution in [3.05, 3.63) is 48.5 Å². The fraction of sp³-hybridized carbons (Fsp3) is 0.552. The molecule has 0 heterocycles. The molecule has 4 heteroatoms. The van der Waals surface area contributed by atoms with Gasteiger partial charge in [-0.1, -0.05) is 83.1 Å². The van der Waals surface area contributed by atoms with E-state index in [4.69, 9.17) is 14.2 Å². The predicted molar refractivity (Wildman–Crippen MR) is 136 cm³/mol. The average molecular weight is 455 g/mol. The van der Waals surface area contributed by atoms with E-state index in [1.54, 1.807) is 0 Å². The van der Waals surface area contributed by atoms with Crippen molar-refractivity contribution in [1.82, 2.24) is 0 Å². The molecule has 2 rings (SSSR count). The Kier molecular flexibility index (Phi) is 13.1. The first-order chi connectivity index (χ1) is 16.1. The molecule has 0 saturated heterocycles. The molecule has 0 saturated carbocycles. The number of carbonyl (C=O) groups excluding carboxylic acids is 1. The van der Waals surface area contributed by atoms with Crippen LogP contribution in [0, 0.1) is 0 Å². The summed E-state index contributed by atoms with van der Waals surface area (Å²) in [7, 11) is 0. The van der Waals surface area contributed by atoms with Gasteiger partial charge in [0.2, 0.25) is 0 Å². The molecule has 0 radical (unpaired) electrons. The Bertz CT molecular complexity index is 767. The maximum atomic E-state index is 11.7. The molecule has 0 aliphatic carbocycles. The first-order valence-corrected chi connectivity index (χ1v) is 12.8. The summed E-state index contributed by atoms with van der Waals surface area (Å²) in [5.74, 6) is 1.54. The van der Waals surface area contributed by atoms with Gasteiger partial charge in [-0.15, -0.1) is 0 Å². The topological polar surface area (TPSA) is 44.8 Å². The highest BCUT2D eigenvalue weighted by molar-refractivity contribution is 5.69. The van der Waals surface area contributed by atoms with E-state index in [0.29, 0.717) is 13.0 Å². The SMILES string of the molecule is CCCCCCCCCOc1ccc(-c2ccc(OCC(C)OC(=O)CCCC)cc2)cc1. The molecule has 1 unspecified atom stereocenters. The molecule has 2 aromatic rings. The van der Waals surface area contributed by atoms with Crippen LogP contribution in [-0.4, -0.2) is 25.3 Å². The molecule has 0 bridgehead atoms. The van der Waals surface area contributed by atoms with E-state index in [9.17, 15) is 4.79 Å². The zero-order valence-corrected chi connectivity index (χ0v) is 20.8. The molecule has 0 aliphatic rings. The van der Waals surface area contributed by atoms with Crippen LogP contribution in [0.1, 0.15) is 85.0 Å². The fourth-order valence-electron chi connectivity index (χ4n) is 3.59. The molecule has 0 fully saturated rings. The van der Waals surface area contributed by atoms with Gasteiger partial charge in [-0.2, -0.15) is 0 Å². The van der Waals surface area contributed by atoms with E-state index in [1.165, 1.54) is 38.5 Å². The number of carbonyl (C=O) groups is 1. The zero-order valence-electron chi connectivity index (χ0n) is 20.8. The van der Waals surface area contributed by atoms with Crippen LogP contribution < -0.4 is 9.47 Å². The van der Waals surface area contributed by atoms with Crippen molar-refractivity contribution < 1.29 is 19.0 Å². The molecule has 2 aromatic carbocycles. The van der Waals surface area contributed by atoms with Gasteiger partial charge < -0.3 is 14.2 Å². The largest absolute Gasteiger partial charge is 0.494 e. The van der Waals surface area contributed by atoms with Crippen LogP contribution in [0.2, 0.25) is 0 Å². The monoisotopic (exact) mass is 454 g/mol. The van der Waals surface area contributed by atoms with Crippen LogP contribution in [0.5, 0.6) is 11.5 Å². The van der Waals surface area contributed by atoms with Gasteiger partial charge in [-0.05, 0) is 55.2 Å². The number of unbranched alkanes of at least 4 members (excludes halogenated alkanes) is 7. The second-order valence-corrected chi connectivity index (χ2v) is 8.73. The minimum Gasteiger partial charge on any atom is -0.494 e. The summed E-state index contributed by atoms with van der Waals surface area (Å²) in [6.45, 7) is 7.30. The Balaban J connectivity index is 1.69. The van der Waals surface area contributed by atoms with Crippen molar-refractivity contribution in [3.8, 4) is 22.6 Å². The van der Waals surface area contributed by atoms with Crippen LogP contribution in [0.25, 0.3) is 11.1 Å². The number of rotatable bonds is 17. The lowest BCUT2D eigenvalue weighted by atomic mass is 10.1. The Morgan fingerprint density at radius 1 is 0.697 bits per heavy atom. The summed E-state index contributed by atoms with van der Waals surface area (Å²) in [6, 6.07) is 16.2. The van der Waals surface area contributed by atoms with Crippen molar-refractivity contribution >= 4 is 5.97 Å². The van der Waals surface area contributed by atoms with Gasteiger partial charge in [0.05, 0.1) is 6.61 Å². The standard InChI is InChI=1S/C29H42O4/c1-4-6-8-9-10-11-12-22-31-27-18-14-25(15-19-27)26-16-20-28(21-17-26)32-23-24(3)33-29(30)13-7-5-2/h14-21,24H,4-13,22-23H2,1-3H3. The van der Waals surface area contributed by atoms with Crippen LogP contribution >= 0.6 is 0 Å². The van der Waals surface area contributed by atoms with Crippen molar-refractivity contribution in [2.45, 2.75) is 91.1 Å². The highest BCUT2D eigenvalue weighted by Gasteiger charge is 2.10. The van der Waals surface area contributed by atoms with E-state index >= 15 is 0 Å². The summed E-state index contributed by atoms with van der Waals surface area (Å²) in [6.07, 6.45) is 11.1. The van der Waals surface area contributed by atoms with Crippen LogP contribution in [-0.2, 0) is 9.53 Å². The molecular weight excluding hydrogens is 412 g/mol. The summed E-state index contributed by atoms with van der Waals surface area (Å²) < 4.78 is 17.0. The lowest BCUT2D eigenvalue weighted by Gasteiger charge is -2.14. The summed E-state index contributed by atoms with van der Waals surface area (Å²) in [5, 5.41) is 0. The van der Waals surface area contributed by atoms with Gasteiger partial charge in [0.15, 0.2) is 0 Å². The predicted octanol–water partition coefficient (Wildman–Crippen LogP) is 7.98. The second kappa shape index (κ2) is 16.2. The summed E-state index contributed by atoms with van der Waals surface area (Å²) in [4.78, 5) is 11.7. The minimum absolute atomic E-state index is 0.155. The summed E-state index contributed by atoms with van der Waals surface area (Å²) in [5.41, 5.74) is 2.27. The smallest absolute Gasteiger partial charge is 0.306 e. The van der Waals surface area contributed by atoms with Gasteiger partial charge in [-0.3, -0.25) is 4.79 Å². The first kappa shape index (κ1) is 26.8. The second-order valence-electron chi connectivity index (χ2n) is 8.73. The molecular formula is C29H42O4. The van der Waals surface area contributed by atoms with Crippen molar-refractivity contribution in [1.29, 1.82) is 0 Å². The third-order valence-corrected chi connectivity index (χ3v) is 5.61. The number of esters is 1. The third-order valence-electron chi connectivity index (χ3n) is 5.61. The zero-order chi connectivity index (χ0) is 23.7. The molecule has 0 aromatic heterocycles. The third kappa shape index (κ3) is 11.3. The number of hydrogen-bond acceptors (Lipinski definition) is 4. The van der Waals surface area contributed by atoms with E-state index in [1.807, 2.05) is 43.3 Å². The van der Waals surface area contributed by atoms with Gasteiger partial charge in [0.25, 0.3) is 0 Å². The highest BCUT2D eigenvalue weighted by Crippen LogP contribution is 2.25. The molecule has 1 atom stereocenters. The Morgan fingerprint density at radius 3 is 1.79 bits per heavy atom. The fourth-order valence-corrected chi connectivity index (χ4v) is 3.59. The molecule has 0 N–H and O–H groups in total. The maximum absolute atomic E-state index is 11.7. The molecule has 0 aliphatic heterocycles. The molecule has 0 amide bonds. The van der Waals surface area contributed by atoms with Crippen molar-refractivity contribution in [3.63, 3.8) is 0 Å². The van der Waals surface area contributed by atoms with Crippen LogP contribution in [0.15, 0.2) is 48.5 Å². The normalized spacial score (nSPS) is 11.7. The molecule has 33 heavy (non-hydrogen) atoms. The first-order valence-electron chi connectivity index (χ1n) is 12.8. The van der Waals surface area contributed by atoms with Crippen molar-refractivity contribution in [2.75, 3.05) is 13.2 Å². The van der Waals surface area contributed by atoms with E-state index in [0.717, 1.165) is 48.5 Å². The van der Waals surface area contributed by atoms with Gasteiger partial charge in [0.1, 0.15) is 24.2 Å². The Hall–Kier alpha value is -2.49. The minimum atomic E-state index is -0.261. The lowest BCUT2D eigenvalue weighted by molar-refractivity contribution is -0.149. The highest BCUT2D eigenvalue weighted by atomic mass is 16.6. The Morgan fingerprint density at radius 2 is 1.21 bits per heavy atom. The van der Waals surface area contributed by atoms with E-state index in [-0.39, 0.29) is 12.1 Å². The number of ether oxygens (including phenoxy) is 3. The van der Waals surface area contributed by atoms with Gasteiger partial charge in [-0.25, -0.2) is 0 Å². The van der Waals surface area contributed by atoms with E-state index < -0.39 is 0 Å². The molecule has 4 nitrogen and oxygen atoms in total. The average Bonchev–Trinajstić information content (AvgIpc) is 2.84. The van der Waals surface area contributed by atoms with Crippen molar-refractivity contribution in [2.24, 2.45) is 0 Å². The Labute approximate surface area is 200 Å². The van der Waals surface area contributed by atoms with E-state index in [2.05, 4.69) is 26.0 Å². The van der Waals surface area contributed by atoms with Crippen LogP contribution in [0.3, 0.4) is 0 Å². The number of benzene rings is 2. The number of hydrogen-bond donors (Lipinski definition) is 0. The maximum Gasteiger partial charge on any atom is 0.306 e.